The second-order valence-corrected chi connectivity index (χ2v) is 2.32. The summed E-state index contributed by atoms with van der Waals surface area (Å²) in [5, 5.41) is 2.71. The van der Waals surface area contributed by atoms with E-state index in [0.717, 1.165) is 5.56 Å². The fourth-order valence-electron chi connectivity index (χ4n) is 0.375. The van der Waals surface area contributed by atoms with Crippen molar-refractivity contribution in [3.8, 4) is 0 Å². The molecule has 0 aliphatic carbocycles. The molecule has 1 aromatic rings. The van der Waals surface area contributed by atoms with E-state index < -0.39 is 0 Å². The molecule has 7 heavy (non-hydrogen) atoms. The van der Waals surface area contributed by atoms with Crippen LogP contribution in [0.15, 0.2) is 10.7 Å². The lowest BCUT2D eigenvalue weighted by atomic mass is 10.2. The van der Waals surface area contributed by atoms with E-state index in [2.05, 4.69) is 0 Å². The molecular formula is C6H8S. The second kappa shape index (κ2) is 1.66. The van der Waals surface area contributed by atoms with Gasteiger partial charge in [-0.1, -0.05) is 0 Å². The van der Waals surface area contributed by atoms with Crippen LogP contribution in [0.25, 0.3) is 0 Å². The van der Waals surface area contributed by atoms with Gasteiger partial charge in [-0.15, -0.1) is 0 Å². The molecule has 0 N–H and O–H groups in total. The van der Waals surface area contributed by atoms with Crippen LogP contribution in [-0.4, -0.2) is 0 Å². The van der Waals surface area contributed by atoms with Gasteiger partial charge < -0.3 is 0 Å². The third-order valence-electron chi connectivity index (χ3n) is 1.04. The maximum Gasteiger partial charge on any atom is 0.0742 e. The molecule has 1 rings (SSSR count). The summed E-state index contributed by atoms with van der Waals surface area (Å²) in [7, 11) is 0. The van der Waals surface area contributed by atoms with Crippen LogP contribution < -0.4 is 0 Å². The molecule has 1 heteroatoms. The van der Waals surface area contributed by atoms with Crippen LogP contribution in [0.3, 0.4) is 0 Å². The Balaban J connectivity index is 3.19. The van der Waals surface area contributed by atoms with Gasteiger partial charge in [0.15, 0.2) is 0 Å². The topological polar surface area (TPSA) is 0 Å². The highest BCUT2D eigenvalue weighted by atomic mass is 32.1. The van der Waals surface area contributed by atoms with E-state index in [-0.39, 0.29) is 0 Å². The predicted octanol–water partition coefficient (Wildman–Crippen LogP) is 2.36. The van der Waals surface area contributed by atoms with Crippen LogP contribution in [0.1, 0.15) is 12.5 Å². The van der Waals surface area contributed by atoms with E-state index in [9.17, 15) is 0 Å². The number of aryl methyl sites for hydroxylation is 1. The van der Waals surface area contributed by atoms with Crippen molar-refractivity contribution in [1.82, 2.24) is 0 Å². The molecule has 0 saturated heterocycles. The van der Waals surface area contributed by atoms with Crippen LogP contribution in [0.4, 0.5) is 0 Å². The van der Waals surface area contributed by atoms with Crippen molar-refractivity contribution >= 4 is 11.3 Å². The monoisotopic (exact) mass is 113 g/mol. The Morgan fingerprint density at radius 2 is 2.29 bits per heavy atom. The summed E-state index contributed by atoms with van der Waals surface area (Å²) in [5.41, 5.74) is 2.36. The lowest BCUT2D eigenvalue weighted by molar-refractivity contribution is 1.41. The van der Waals surface area contributed by atoms with Crippen molar-refractivity contribution in [3.63, 3.8) is 0 Å². The normalized spacial score (nSPS) is 11.4. The van der Waals surface area contributed by atoms with Crippen LogP contribution in [0.5, 0.6) is 0 Å². The maximum atomic E-state index is 7.26. The standard InChI is InChI=1S/C6H8S/c1-5-3-7-4-6(5)2/h3-4H,1-2H3/i3D. The van der Waals surface area contributed by atoms with Crippen molar-refractivity contribution < 1.29 is 1.37 Å². The largest absolute Gasteiger partial charge is 0.152 e. The smallest absolute Gasteiger partial charge is 0.0742 e. The van der Waals surface area contributed by atoms with Gasteiger partial charge in [0.2, 0.25) is 0 Å². The third kappa shape index (κ3) is 0.829. The fourth-order valence-corrected chi connectivity index (χ4v) is 1.13. The zero-order valence-corrected chi connectivity index (χ0v) is 5.30. The maximum absolute atomic E-state index is 7.26. The Morgan fingerprint density at radius 1 is 1.57 bits per heavy atom. The van der Waals surface area contributed by atoms with Crippen LogP contribution >= 0.6 is 11.3 Å². The van der Waals surface area contributed by atoms with Gasteiger partial charge >= 0.3 is 0 Å². The van der Waals surface area contributed by atoms with Crippen LogP contribution in [0.2, 0.25) is 0 Å². The lowest BCUT2D eigenvalue weighted by Gasteiger charge is -1.79. The summed E-state index contributed by atoms with van der Waals surface area (Å²) in [6.07, 6.45) is 0. The first-order valence-corrected chi connectivity index (χ1v) is 3.11. The predicted molar refractivity (Wildman–Crippen MR) is 33.8 cm³/mol. The zero-order chi connectivity index (χ0) is 6.15. The molecule has 0 aliphatic rings. The number of hydrogen-bond acceptors (Lipinski definition) is 1. The zero-order valence-electron chi connectivity index (χ0n) is 5.49. The summed E-state index contributed by atoms with van der Waals surface area (Å²) in [4.78, 5) is 0. The molecule has 0 radical (unpaired) electrons. The van der Waals surface area contributed by atoms with Crippen molar-refractivity contribution in [1.29, 1.82) is 0 Å². The molecule has 0 fully saturated rings. The minimum Gasteiger partial charge on any atom is -0.152 e. The van der Waals surface area contributed by atoms with E-state index in [0.29, 0.717) is 5.36 Å². The molecule has 0 aliphatic heterocycles. The Morgan fingerprint density at radius 3 is 2.43 bits per heavy atom. The summed E-state index contributed by atoms with van der Waals surface area (Å²) in [6, 6.07) is 0. The molecule has 0 nitrogen and oxygen atoms in total. The second-order valence-electron chi connectivity index (χ2n) is 1.65. The van der Waals surface area contributed by atoms with Crippen molar-refractivity contribution in [2.24, 2.45) is 0 Å². The molecule has 0 aromatic carbocycles. The van der Waals surface area contributed by atoms with Gasteiger partial charge in [-0.2, -0.15) is 11.3 Å². The van der Waals surface area contributed by atoms with Gasteiger partial charge in [-0.05, 0) is 35.7 Å². The average Bonchev–Trinajstić information content (AvgIpc) is 1.98. The van der Waals surface area contributed by atoms with Gasteiger partial charge in [-0.3, -0.25) is 0 Å². The Hall–Kier alpha value is -0.300. The summed E-state index contributed by atoms with van der Waals surface area (Å²) in [6.45, 7) is 4.01. The molecule has 0 spiro atoms. The summed E-state index contributed by atoms with van der Waals surface area (Å²) in [5.74, 6) is 0. The van der Waals surface area contributed by atoms with Crippen molar-refractivity contribution in [3.05, 3.63) is 21.9 Å². The minimum atomic E-state index is 0.697. The molecule has 38 valence electrons. The van der Waals surface area contributed by atoms with Gasteiger partial charge in [0.05, 0.1) is 1.37 Å². The van der Waals surface area contributed by atoms with E-state index in [1.807, 2.05) is 19.2 Å². The Bertz CT molecular complexity index is 171. The number of thiophene rings is 1. The van der Waals surface area contributed by atoms with Crippen molar-refractivity contribution in [2.45, 2.75) is 13.8 Å². The Labute approximate surface area is 49.2 Å². The van der Waals surface area contributed by atoms with E-state index >= 15 is 0 Å². The first kappa shape index (κ1) is 3.67. The SMILES string of the molecule is [2H]c1scc(C)c1C. The van der Waals surface area contributed by atoms with E-state index in [1.54, 1.807) is 0 Å². The highest BCUT2D eigenvalue weighted by molar-refractivity contribution is 7.08. The average molecular weight is 113 g/mol. The van der Waals surface area contributed by atoms with E-state index in [4.69, 9.17) is 1.37 Å². The molecule has 0 amide bonds. The highest BCUT2D eigenvalue weighted by Crippen LogP contribution is 2.10. The quantitative estimate of drug-likeness (QED) is 0.484. The van der Waals surface area contributed by atoms with Gasteiger partial charge in [0, 0.05) is 0 Å². The molecule has 1 aromatic heterocycles. The minimum absolute atomic E-state index is 0.697. The lowest BCUT2D eigenvalue weighted by Crippen LogP contribution is -1.63. The first-order valence-electron chi connectivity index (χ1n) is 2.73. The van der Waals surface area contributed by atoms with Gasteiger partial charge in [0.1, 0.15) is 0 Å². The van der Waals surface area contributed by atoms with E-state index in [1.165, 1.54) is 16.9 Å². The van der Waals surface area contributed by atoms with Crippen LogP contribution in [-0.2, 0) is 0 Å². The molecule has 0 unspecified atom stereocenters. The number of rotatable bonds is 0. The highest BCUT2D eigenvalue weighted by Gasteiger charge is 1.86. The molecule has 0 atom stereocenters. The Kier molecular flexibility index (Phi) is 0.873. The molecule has 0 bridgehead atoms. The first-order chi connectivity index (χ1) is 3.72. The molecule has 1 heterocycles. The molecular weight excluding hydrogens is 104 g/mol. The van der Waals surface area contributed by atoms with Gasteiger partial charge in [-0.25, -0.2) is 0 Å². The third-order valence-corrected chi connectivity index (χ3v) is 1.93. The molecule has 0 saturated carbocycles. The number of hydrogen-bond donors (Lipinski definition) is 0. The summed E-state index contributed by atoms with van der Waals surface area (Å²) >= 11 is 1.50. The van der Waals surface area contributed by atoms with Gasteiger partial charge in [0.25, 0.3) is 0 Å². The van der Waals surface area contributed by atoms with Crippen molar-refractivity contribution in [2.75, 3.05) is 0 Å². The summed E-state index contributed by atoms with van der Waals surface area (Å²) < 4.78 is 7.26. The van der Waals surface area contributed by atoms with Crippen LogP contribution in [0, 0.1) is 13.8 Å². The fraction of sp³-hybridized carbons (Fsp3) is 0.333.